The standard InChI is InChI=1S/C20H24ClN3O3/c1-27-16-6-5-13(21)17-12(16)9-14(23-17)19(26)24-11-20(7-3-2-4-8-20)10-15(24)18(22)25/h5-6,9,15,23H,2-4,7-8,10-11H2,1H3,(H2,22,25). The fraction of sp³-hybridized carbons (Fsp3) is 0.500. The van der Waals surface area contributed by atoms with Gasteiger partial charge in [-0.2, -0.15) is 0 Å². The molecule has 1 aromatic heterocycles. The first-order valence-electron chi connectivity index (χ1n) is 9.40. The van der Waals surface area contributed by atoms with Gasteiger partial charge in [0.15, 0.2) is 0 Å². The summed E-state index contributed by atoms with van der Waals surface area (Å²) < 4.78 is 5.37. The molecule has 1 aliphatic heterocycles. The van der Waals surface area contributed by atoms with Crippen molar-refractivity contribution in [1.82, 2.24) is 9.88 Å². The van der Waals surface area contributed by atoms with Crippen molar-refractivity contribution in [3.63, 3.8) is 0 Å². The molecule has 144 valence electrons. The number of primary amides is 1. The van der Waals surface area contributed by atoms with E-state index in [0.717, 1.165) is 31.1 Å². The highest BCUT2D eigenvalue weighted by Crippen LogP contribution is 2.46. The second-order valence-electron chi connectivity index (χ2n) is 7.84. The average Bonchev–Trinajstić information content (AvgIpc) is 3.26. The van der Waals surface area contributed by atoms with Crippen molar-refractivity contribution in [3.05, 3.63) is 28.9 Å². The first-order valence-corrected chi connectivity index (χ1v) is 9.77. The molecule has 0 bridgehead atoms. The number of halogens is 1. The van der Waals surface area contributed by atoms with Crippen molar-refractivity contribution >= 4 is 34.3 Å². The third-order valence-electron chi connectivity index (χ3n) is 6.17. The first kappa shape index (κ1) is 18.2. The van der Waals surface area contributed by atoms with Crippen LogP contribution in [0.1, 0.15) is 49.0 Å². The Kier molecular flexibility index (Phi) is 4.54. The molecule has 4 rings (SSSR count). The van der Waals surface area contributed by atoms with Crippen molar-refractivity contribution in [3.8, 4) is 5.75 Å². The molecule has 1 aliphatic carbocycles. The van der Waals surface area contributed by atoms with E-state index >= 15 is 0 Å². The minimum absolute atomic E-state index is 0.0228. The molecule has 2 amide bonds. The molecule has 2 aromatic rings. The van der Waals surface area contributed by atoms with E-state index in [1.807, 2.05) is 0 Å². The number of nitrogens with two attached hydrogens (primary N) is 1. The molecule has 2 aliphatic rings. The predicted molar refractivity (Wildman–Crippen MR) is 104 cm³/mol. The van der Waals surface area contributed by atoms with Crippen molar-refractivity contribution in [1.29, 1.82) is 0 Å². The van der Waals surface area contributed by atoms with Crippen LogP contribution in [0.3, 0.4) is 0 Å². The van der Waals surface area contributed by atoms with Crippen LogP contribution in [0.2, 0.25) is 5.02 Å². The highest BCUT2D eigenvalue weighted by molar-refractivity contribution is 6.35. The van der Waals surface area contributed by atoms with Crippen LogP contribution in [0.4, 0.5) is 0 Å². The van der Waals surface area contributed by atoms with Gasteiger partial charge >= 0.3 is 0 Å². The summed E-state index contributed by atoms with van der Waals surface area (Å²) in [4.78, 5) is 30.1. The number of H-pyrrole nitrogens is 1. The summed E-state index contributed by atoms with van der Waals surface area (Å²) in [5.74, 6) is -0.00517. The summed E-state index contributed by atoms with van der Waals surface area (Å²) in [6.07, 6.45) is 6.27. The van der Waals surface area contributed by atoms with Gasteiger partial charge < -0.3 is 20.4 Å². The Balaban J connectivity index is 1.69. The van der Waals surface area contributed by atoms with E-state index in [2.05, 4.69) is 4.98 Å². The maximum absolute atomic E-state index is 13.3. The fourth-order valence-electron chi connectivity index (χ4n) is 4.80. The molecule has 1 unspecified atom stereocenters. The number of carbonyl (C=O) groups excluding carboxylic acids is 2. The third kappa shape index (κ3) is 3.06. The predicted octanol–water partition coefficient (Wildman–Crippen LogP) is 3.48. The number of aromatic amines is 1. The monoisotopic (exact) mass is 389 g/mol. The largest absolute Gasteiger partial charge is 0.496 e. The van der Waals surface area contributed by atoms with E-state index in [1.54, 1.807) is 30.2 Å². The molecule has 2 heterocycles. The minimum atomic E-state index is -0.556. The van der Waals surface area contributed by atoms with Crippen LogP contribution in [0.15, 0.2) is 18.2 Å². The average molecular weight is 390 g/mol. The fourth-order valence-corrected chi connectivity index (χ4v) is 5.01. The van der Waals surface area contributed by atoms with Gasteiger partial charge in [-0.3, -0.25) is 9.59 Å². The van der Waals surface area contributed by atoms with Crippen molar-refractivity contribution in [2.45, 2.75) is 44.6 Å². The van der Waals surface area contributed by atoms with Gasteiger partial charge in [-0.25, -0.2) is 0 Å². The summed E-state index contributed by atoms with van der Waals surface area (Å²) in [5, 5.41) is 1.26. The SMILES string of the molecule is COc1ccc(Cl)c2[nH]c(C(=O)N3CC4(CCCCC4)CC3C(N)=O)cc12. The molecule has 1 saturated carbocycles. The highest BCUT2D eigenvalue weighted by atomic mass is 35.5. The van der Waals surface area contributed by atoms with Crippen molar-refractivity contribution < 1.29 is 14.3 Å². The summed E-state index contributed by atoms with van der Waals surface area (Å²) in [6.45, 7) is 0.583. The Morgan fingerprint density at radius 2 is 2.04 bits per heavy atom. The smallest absolute Gasteiger partial charge is 0.271 e. The number of hydrogen-bond acceptors (Lipinski definition) is 3. The Morgan fingerprint density at radius 3 is 2.70 bits per heavy atom. The van der Waals surface area contributed by atoms with Crippen molar-refractivity contribution in [2.75, 3.05) is 13.7 Å². The molecule has 6 nitrogen and oxygen atoms in total. The van der Waals surface area contributed by atoms with Gasteiger partial charge in [0.2, 0.25) is 5.91 Å². The Hall–Kier alpha value is -2.21. The van der Waals surface area contributed by atoms with E-state index in [9.17, 15) is 9.59 Å². The van der Waals surface area contributed by atoms with E-state index < -0.39 is 11.9 Å². The molecule has 27 heavy (non-hydrogen) atoms. The van der Waals surface area contributed by atoms with Crippen LogP contribution in [-0.4, -0.2) is 41.4 Å². The van der Waals surface area contributed by atoms with Crippen molar-refractivity contribution in [2.24, 2.45) is 11.1 Å². The van der Waals surface area contributed by atoms with Crippen LogP contribution >= 0.6 is 11.6 Å². The van der Waals surface area contributed by atoms with Crippen LogP contribution in [0.5, 0.6) is 5.75 Å². The first-order chi connectivity index (χ1) is 12.9. The van der Waals surface area contributed by atoms with Crippen LogP contribution < -0.4 is 10.5 Å². The van der Waals surface area contributed by atoms with E-state index in [4.69, 9.17) is 22.1 Å². The van der Waals surface area contributed by atoms with Gasteiger partial charge in [0.25, 0.3) is 5.91 Å². The van der Waals surface area contributed by atoms with Gasteiger partial charge in [0.05, 0.1) is 17.6 Å². The lowest BCUT2D eigenvalue weighted by molar-refractivity contribution is -0.121. The number of nitrogens with zero attached hydrogens (tertiary/aromatic N) is 1. The molecule has 1 aromatic carbocycles. The number of fused-ring (bicyclic) bond motifs is 1. The molecule has 1 atom stereocenters. The molecule has 2 fully saturated rings. The molecule has 1 spiro atoms. The number of ether oxygens (including phenoxy) is 1. The lowest BCUT2D eigenvalue weighted by Gasteiger charge is -2.32. The van der Waals surface area contributed by atoms with Gasteiger partial charge in [-0.15, -0.1) is 0 Å². The van der Waals surface area contributed by atoms with Crippen LogP contribution in [0.25, 0.3) is 10.9 Å². The molecule has 1 saturated heterocycles. The van der Waals surface area contributed by atoms with Crippen LogP contribution in [0, 0.1) is 5.41 Å². The number of carbonyl (C=O) groups is 2. The number of methoxy groups -OCH3 is 1. The minimum Gasteiger partial charge on any atom is -0.496 e. The summed E-state index contributed by atoms with van der Waals surface area (Å²) in [5.41, 5.74) is 6.73. The molecule has 0 radical (unpaired) electrons. The number of likely N-dealkylation sites (tertiary alicyclic amines) is 1. The Labute approximate surface area is 163 Å². The number of hydrogen-bond donors (Lipinski definition) is 2. The highest BCUT2D eigenvalue weighted by Gasteiger charge is 2.48. The van der Waals surface area contributed by atoms with Crippen LogP contribution in [-0.2, 0) is 4.79 Å². The topological polar surface area (TPSA) is 88.4 Å². The molecular weight excluding hydrogens is 366 g/mol. The summed E-state index contributed by atoms with van der Waals surface area (Å²) in [7, 11) is 1.58. The second-order valence-corrected chi connectivity index (χ2v) is 8.24. The van der Waals surface area contributed by atoms with Gasteiger partial charge in [0.1, 0.15) is 17.5 Å². The molecular formula is C20H24ClN3O3. The number of benzene rings is 1. The Morgan fingerprint density at radius 1 is 1.30 bits per heavy atom. The maximum Gasteiger partial charge on any atom is 0.271 e. The van der Waals surface area contributed by atoms with Gasteiger partial charge in [-0.1, -0.05) is 30.9 Å². The molecule has 3 N–H and O–H groups in total. The van der Waals surface area contributed by atoms with Gasteiger partial charge in [0, 0.05) is 11.9 Å². The zero-order valence-corrected chi connectivity index (χ0v) is 16.1. The number of rotatable bonds is 3. The quantitative estimate of drug-likeness (QED) is 0.842. The molecule has 7 heteroatoms. The second kappa shape index (κ2) is 6.75. The third-order valence-corrected chi connectivity index (χ3v) is 6.48. The summed E-state index contributed by atoms with van der Waals surface area (Å²) >= 11 is 6.27. The lowest BCUT2D eigenvalue weighted by Crippen LogP contribution is -2.44. The normalized spacial score (nSPS) is 21.7. The zero-order chi connectivity index (χ0) is 19.2. The number of nitrogens with one attached hydrogen (secondary N) is 1. The maximum atomic E-state index is 13.3. The summed E-state index contributed by atoms with van der Waals surface area (Å²) in [6, 6.07) is 4.68. The van der Waals surface area contributed by atoms with E-state index in [1.165, 1.54) is 6.42 Å². The Bertz CT molecular complexity index is 901. The van der Waals surface area contributed by atoms with Gasteiger partial charge in [-0.05, 0) is 42.9 Å². The van der Waals surface area contributed by atoms with E-state index in [-0.39, 0.29) is 11.3 Å². The van der Waals surface area contributed by atoms with E-state index in [0.29, 0.717) is 34.9 Å². The zero-order valence-electron chi connectivity index (χ0n) is 15.4. The number of aromatic nitrogens is 1. The lowest BCUT2D eigenvalue weighted by atomic mass is 9.72. The number of amides is 2.